The lowest BCUT2D eigenvalue weighted by Crippen LogP contribution is -2.40. The molecule has 2 aromatic rings. The van der Waals surface area contributed by atoms with Gasteiger partial charge in [-0.15, -0.1) is 0 Å². The van der Waals surface area contributed by atoms with Crippen molar-refractivity contribution in [3.05, 3.63) is 47.8 Å². The molecule has 0 radical (unpaired) electrons. The summed E-state index contributed by atoms with van der Waals surface area (Å²) in [4.78, 5) is 19.5. The minimum absolute atomic E-state index is 0.115. The van der Waals surface area contributed by atoms with Gasteiger partial charge in [-0.05, 0) is 25.3 Å². The third-order valence-electron chi connectivity index (χ3n) is 4.87. The van der Waals surface area contributed by atoms with E-state index in [1.165, 1.54) is 11.9 Å². The SMILES string of the molecule is Cc1c(NCCCc2ccccc2)ncnc1N1CCC(F)(F)CC1.O=C(O)C(F)(F)F. The highest BCUT2D eigenvalue weighted by atomic mass is 19.4. The minimum Gasteiger partial charge on any atom is -0.475 e. The lowest BCUT2D eigenvalue weighted by Gasteiger charge is -2.33. The van der Waals surface area contributed by atoms with Gasteiger partial charge in [-0.1, -0.05) is 30.3 Å². The van der Waals surface area contributed by atoms with Crippen LogP contribution in [0.2, 0.25) is 0 Å². The number of aliphatic carboxylic acids is 1. The lowest BCUT2D eigenvalue weighted by molar-refractivity contribution is -0.192. The average molecular weight is 460 g/mol. The molecular formula is C21H25F5N4O2. The Balaban J connectivity index is 0.000000451. The summed E-state index contributed by atoms with van der Waals surface area (Å²) in [6.45, 7) is 3.42. The Hall–Kier alpha value is -2.98. The number of piperidine rings is 1. The molecule has 0 atom stereocenters. The standard InChI is InChI=1S/C19H24F2N4.C2HF3O2/c1-15-17(22-11-5-8-16-6-3-2-4-7-16)23-14-24-18(15)25-12-9-19(20,21)10-13-25;3-2(4,5)1(6)7/h2-4,6-7,14H,5,8-13H2,1H3,(H,22,23,24);(H,6,7). The second-order valence-electron chi connectivity index (χ2n) is 7.33. The van der Waals surface area contributed by atoms with Crippen LogP contribution in [0.3, 0.4) is 0 Å². The van der Waals surface area contributed by atoms with E-state index in [9.17, 15) is 22.0 Å². The van der Waals surface area contributed by atoms with Gasteiger partial charge in [0.1, 0.15) is 18.0 Å². The van der Waals surface area contributed by atoms with Gasteiger partial charge in [0, 0.05) is 38.0 Å². The first-order chi connectivity index (χ1) is 15.0. The highest BCUT2D eigenvalue weighted by Gasteiger charge is 2.38. The second kappa shape index (κ2) is 11.1. The van der Waals surface area contributed by atoms with Gasteiger partial charge in [0.25, 0.3) is 5.92 Å². The summed E-state index contributed by atoms with van der Waals surface area (Å²) in [5, 5.41) is 10.5. The summed E-state index contributed by atoms with van der Waals surface area (Å²) < 4.78 is 58.4. The fraction of sp³-hybridized carbons (Fsp3) is 0.476. The van der Waals surface area contributed by atoms with E-state index in [2.05, 4.69) is 27.4 Å². The molecule has 1 aliphatic rings. The number of alkyl halides is 5. The van der Waals surface area contributed by atoms with Crippen LogP contribution in [0.1, 0.15) is 30.4 Å². The Morgan fingerprint density at radius 1 is 1.16 bits per heavy atom. The van der Waals surface area contributed by atoms with Crippen molar-refractivity contribution in [1.29, 1.82) is 0 Å². The van der Waals surface area contributed by atoms with Gasteiger partial charge >= 0.3 is 12.1 Å². The molecule has 0 aliphatic carbocycles. The number of anilines is 2. The molecule has 3 rings (SSSR count). The topological polar surface area (TPSA) is 78.4 Å². The van der Waals surface area contributed by atoms with Crippen LogP contribution < -0.4 is 10.2 Å². The van der Waals surface area contributed by atoms with Crippen LogP contribution in [0.15, 0.2) is 36.7 Å². The van der Waals surface area contributed by atoms with Gasteiger partial charge in [-0.2, -0.15) is 13.2 Å². The van der Waals surface area contributed by atoms with E-state index >= 15 is 0 Å². The van der Waals surface area contributed by atoms with E-state index in [4.69, 9.17) is 9.90 Å². The summed E-state index contributed by atoms with van der Waals surface area (Å²) in [6.07, 6.45) is -1.80. The third kappa shape index (κ3) is 7.93. The first-order valence-electron chi connectivity index (χ1n) is 10.0. The van der Waals surface area contributed by atoms with Crippen molar-refractivity contribution in [3.63, 3.8) is 0 Å². The van der Waals surface area contributed by atoms with Gasteiger partial charge in [-0.25, -0.2) is 23.5 Å². The highest BCUT2D eigenvalue weighted by Crippen LogP contribution is 2.31. The summed E-state index contributed by atoms with van der Waals surface area (Å²) in [5.74, 6) is -3.75. The zero-order valence-electron chi connectivity index (χ0n) is 17.5. The number of aromatic nitrogens is 2. The van der Waals surface area contributed by atoms with Crippen LogP contribution in [0.4, 0.5) is 33.6 Å². The molecule has 32 heavy (non-hydrogen) atoms. The van der Waals surface area contributed by atoms with Crippen molar-refractivity contribution >= 4 is 17.6 Å². The Kier molecular flexibility index (Phi) is 8.73. The summed E-state index contributed by atoms with van der Waals surface area (Å²) in [7, 11) is 0. The predicted octanol–water partition coefficient (Wildman–Crippen LogP) is 4.70. The Bertz CT molecular complexity index is 868. The molecule has 2 N–H and O–H groups in total. The van der Waals surface area contributed by atoms with Crippen molar-refractivity contribution in [1.82, 2.24) is 9.97 Å². The van der Waals surface area contributed by atoms with Crippen LogP contribution in [0, 0.1) is 6.92 Å². The zero-order valence-corrected chi connectivity index (χ0v) is 17.5. The van der Waals surface area contributed by atoms with E-state index in [0.717, 1.165) is 36.6 Å². The fourth-order valence-electron chi connectivity index (χ4n) is 3.13. The quantitative estimate of drug-likeness (QED) is 0.481. The number of nitrogens with zero attached hydrogens (tertiary/aromatic N) is 3. The number of carbonyl (C=O) groups is 1. The molecule has 176 valence electrons. The number of rotatable bonds is 6. The average Bonchev–Trinajstić information content (AvgIpc) is 2.73. The molecule has 0 amide bonds. The van der Waals surface area contributed by atoms with Crippen molar-refractivity contribution in [2.45, 2.75) is 44.7 Å². The van der Waals surface area contributed by atoms with Crippen LogP contribution in [-0.4, -0.2) is 52.8 Å². The van der Waals surface area contributed by atoms with Crippen molar-refractivity contribution < 1.29 is 31.9 Å². The minimum atomic E-state index is -5.08. The largest absolute Gasteiger partial charge is 0.490 e. The molecule has 0 unspecified atom stereocenters. The summed E-state index contributed by atoms with van der Waals surface area (Å²) in [5.41, 5.74) is 2.24. The number of carboxylic acids is 1. The Morgan fingerprint density at radius 2 is 1.75 bits per heavy atom. The van der Waals surface area contributed by atoms with Gasteiger partial charge in [0.2, 0.25) is 0 Å². The van der Waals surface area contributed by atoms with Gasteiger partial charge in [0.05, 0.1) is 0 Å². The Labute approximate surface area is 182 Å². The summed E-state index contributed by atoms with van der Waals surface area (Å²) >= 11 is 0. The molecule has 0 saturated carbocycles. The van der Waals surface area contributed by atoms with Gasteiger partial charge in [0.15, 0.2) is 0 Å². The van der Waals surface area contributed by atoms with Gasteiger partial charge in [-0.3, -0.25) is 0 Å². The van der Waals surface area contributed by atoms with Crippen molar-refractivity contribution in [2.75, 3.05) is 29.9 Å². The second-order valence-corrected chi connectivity index (χ2v) is 7.33. The molecule has 1 fully saturated rings. The molecule has 0 spiro atoms. The zero-order chi connectivity index (χ0) is 23.8. The van der Waals surface area contributed by atoms with Gasteiger partial charge < -0.3 is 15.3 Å². The number of aryl methyl sites for hydroxylation is 1. The van der Waals surface area contributed by atoms with Crippen LogP contribution in [0.5, 0.6) is 0 Å². The molecule has 1 aliphatic heterocycles. The van der Waals surface area contributed by atoms with E-state index in [1.807, 2.05) is 30.0 Å². The smallest absolute Gasteiger partial charge is 0.475 e. The fourth-order valence-corrected chi connectivity index (χ4v) is 3.13. The number of benzene rings is 1. The summed E-state index contributed by atoms with van der Waals surface area (Å²) in [6, 6.07) is 10.4. The highest BCUT2D eigenvalue weighted by molar-refractivity contribution is 5.73. The van der Waals surface area contributed by atoms with E-state index < -0.39 is 18.1 Å². The van der Waals surface area contributed by atoms with Crippen molar-refractivity contribution in [3.8, 4) is 0 Å². The van der Waals surface area contributed by atoms with E-state index in [1.54, 1.807) is 0 Å². The van der Waals surface area contributed by atoms with E-state index in [0.29, 0.717) is 13.1 Å². The number of carboxylic acid groups (broad SMARTS) is 1. The molecule has 1 saturated heterocycles. The molecule has 0 bridgehead atoms. The molecule has 1 aromatic heterocycles. The van der Waals surface area contributed by atoms with Crippen LogP contribution in [0.25, 0.3) is 0 Å². The number of nitrogens with one attached hydrogen (secondary N) is 1. The number of halogens is 5. The maximum atomic E-state index is 13.3. The molecule has 11 heteroatoms. The normalized spacial score (nSPS) is 15.5. The van der Waals surface area contributed by atoms with Crippen LogP contribution in [-0.2, 0) is 11.2 Å². The number of hydrogen-bond acceptors (Lipinski definition) is 5. The number of hydrogen-bond donors (Lipinski definition) is 2. The molecule has 2 heterocycles. The molecule has 1 aromatic carbocycles. The monoisotopic (exact) mass is 460 g/mol. The predicted molar refractivity (Wildman–Crippen MR) is 110 cm³/mol. The van der Waals surface area contributed by atoms with Crippen LogP contribution >= 0.6 is 0 Å². The lowest BCUT2D eigenvalue weighted by atomic mass is 10.1. The first-order valence-corrected chi connectivity index (χ1v) is 10.0. The van der Waals surface area contributed by atoms with E-state index in [-0.39, 0.29) is 12.8 Å². The maximum absolute atomic E-state index is 13.3. The third-order valence-corrected chi connectivity index (χ3v) is 4.87. The molecule has 6 nitrogen and oxygen atoms in total. The molecular weight excluding hydrogens is 435 g/mol. The van der Waals surface area contributed by atoms with Crippen molar-refractivity contribution in [2.24, 2.45) is 0 Å². The first kappa shape index (κ1) is 25.3. The maximum Gasteiger partial charge on any atom is 0.490 e. The Morgan fingerprint density at radius 3 is 2.31 bits per heavy atom.